The van der Waals surface area contributed by atoms with Gasteiger partial charge in [0, 0.05) is 62.0 Å². The molecule has 0 radical (unpaired) electrons. The van der Waals surface area contributed by atoms with Crippen LogP contribution < -0.4 is 14.5 Å². The lowest BCUT2D eigenvalue weighted by molar-refractivity contribution is -0.255. The van der Waals surface area contributed by atoms with E-state index in [2.05, 4.69) is 17.7 Å². The van der Waals surface area contributed by atoms with Crippen LogP contribution in [0.15, 0.2) is 12.4 Å². The van der Waals surface area contributed by atoms with Crippen LogP contribution in [-0.2, 0) is 4.74 Å². The van der Waals surface area contributed by atoms with Gasteiger partial charge in [0.15, 0.2) is 5.69 Å². The van der Waals surface area contributed by atoms with Gasteiger partial charge in [0.2, 0.25) is 0 Å². The number of fused-ring (bicyclic) bond motifs is 1. The van der Waals surface area contributed by atoms with E-state index in [0.29, 0.717) is 42.7 Å². The second-order valence-electron chi connectivity index (χ2n) is 13.1. The van der Waals surface area contributed by atoms with Crippen molar-refractivity contribution in [2.45, 2.75) is 45.0 Å². The first-order valence-corrected chi connectivity index (χ1v) is 13.3. The Kier molecular flexibility index (Phi) is 5.19. The zero-order chi connectivity index (χ0) is 24.7. The van der Waals surface area contributed by atoms with Crippen LogP contribution in [0.5, 0.6) is 0 Å². The van der Waals surface area contributed by atoms with Gasteiger partial charge in [-0.15, -0.1) is 0 Å². The van der Waals surface area contributed by atoms with Crippen molar-refractivity contribution in [3.63, 3.8) is 0 Å². The van der Waals surface area contributed by atoms with Gasteiger partial charge in [0.05, 0.1) is 37.4 Å². The Balaban J connectivity index is 1.28. The highest BCUT2D eigenvalue weighted by Gasteiger charge is 2.57. The number of rotatable bonds is 3. The average Bonchev–Trinajstić information content (AvgIpc) is 3.35. The van der Waals surface area contributed by atoms with Crippen molar-refractivity contribution in [2.24, 2.45) is 29.6 Å². The molecule has 6 heterocycles. The van der Waals surface area contributed by atoms with Crippen molar-refractivity contribution < 1.29 is 19.4 Å². The zero-order valence-corrected chi connectivity index (χ0v) is 21.4. The average molecular weight is 480 g/mol. The Hall–Kier alpha value is -2.29. The molecule has 1 aromatic heterocycles. The number of carboxylic acids is 1. The molecule has 0 spiro atoms. The van der Waals surface area contributed by atoms with Crippen LogP contribution in [-0.4, -0.2) is 81.2 Å². The van der Waals surface area contributed by atoms with Crippen LogP contribution in [0.4, 0.5) is 16.2 Å². The molecule has 5 aliphatic heterocycles. The molecule has 4 unspecified atom stereocenters. The molecule has 4 atom stereocenters. The molecule has 1 amide bonds. The Labute approximate surface area is 208 Å². The molecule has 6 aliphatic rings. The molecular formula is C26H37BN4O4. The molecule has 4 bridgehead atoms. The summed E-state index contributed by atoms with van der Waals surface area (Å²) in [6.07, 6.45) is 5.73. The summed E-state index contributed by atoms with van der Waals surface area (Å²) in [7, 11) is 2.40. The summed E-state index contributed by atoms with van der Waals surface area (Å²) in [6.45, 7) is 11.7. The SMILES string of the molecule is BC1C2CC3CC1C[N+](c1c(C(=O)[O-])cncc1N1CC4CN(C(=O)OC(C)(C)C)CC4C1)(C3)C2. The maximum atomic E-state index is 12.6. The molecule has 7 rings (SSSR count). The van der Waals surface area contributed by atoms with Crippen LogP contribution in [0.3, 0.4) is 0 Å². The Morgan fingerprint density at radius 1 is 1.03 bits per heavy atom. The first-order valence-electron chi connectivity index (χ1n) is 13.3. The highest BCUT2D eigenvalue weighted by molar-refractivity contribution is 6.12. The number of piperidine rings is 3. The number of nitrogens with zero attached hydrogens (tertiary/aromatic N) is 4. The second-order valence-corrected chi connectivity index (χ2v) is 13.1. The quantitative estimate of drug-likeness (QED) is 0.477. The van der Waals surface area contributed by atoms with Crippen molar-refractivity contribution in [3.8, 4) is 0 Å². The van der Waals surface area contributed by atoms with E-state index in [1.54, 1.807) is 0 Å². The van der Waals surface area contributed by atoms with Crippen molar-refractivity contribution in [3.05, 3.63) is 18.0 Å². The third-order valence-corrected chi connectivity index (χ3v) is 9.61. The van der Waals surface area contributed by atoms with Gasteiger partial charge in [0.25, 0.3) is 0 Å². The number of likely N-dealkylation sites (tertiary alicyclic amines) is 1. The van der Waals surface area contributed by atoms with Gasteiger partial charge in [-0.3, -0.25) is 9.47 Å². The maximum Gasteiger partial charge on any atom is 0.410 e. The topological polar surface area (TPSA) is 85.8 Å². The summed E-state index contributed by atoms with van der Waals surface area (Å²) >= 11 is 0. The lowest BCUT2D eigenvalue weighted by Gasteiger charge is -2.60. The van der Waals surface area contributed by atoms with Crippen molar-refractivity contribution >= 4 is 31.3 Å². The number of hydrogen-bond donors (Lipinski definition) is 0. The third-order valence-electron chi connectivity index (χ3n) is 9.61. The molecule has 1 aromatic rings. The molecule has 8 nitrogen and oxygen atoms in total. The molecule has 0 N–H and O–H groups in total. The second kappa shape index (κ2) is 7.86. The van der Waals surface area contributed by atoms with Crippen molar-refractivity contribution in [2.75, 3.05) is 50.7 Å². The largest absolute Gasteiger partial charge is 0.545 e. The number of hydrogen-bond acceptors (Lipinski definition) is 6. The first kappa shape index (κ1) is 23.1. The van der Waals surface area contributed by atoms with Crippen LogP contribution in [0.1, 0.15) is 44.0 Å². The molecule has 1 aliphatic carbocycles. The molecule has 0 aromatic carbocycles. The van der Waals surface area contributed by atoms with Gasteiger partial charge >= 0.3 is 6.09 Å². The van der Waals surface area contributed by atoms with E-state index in [0.717, 1.165) is 54.4 Å². The molecule has 35 heavy (non-hydrogen) atoms. The standard InChI is InChI=1S/C26H37BN4O4/c1-26(2,3)35-25(34)30-10-18-8-29(9-19(18)11-30)21-7-28-6-20(24(32)33)23(21)31-12-15-4-16(13-31)22(27)17(5-15)14-31/h6-7,15-19,22H,4-5,8-14,27H2,1-3H3. The molecule has 188 valence electrons. The van der Waals surface area contributed by atoms with Gasteiger partial charge < -0.3 is 24.4 Å². The fourth-order valence-corrected chi connectivity index (χ4v) is 8.27. The van der Waals surface area contributed by atoms with E-state index in [4.69, 9.17) is 4.74 Å². The van der Waals surface area contributed by atoms with Gasteiger partial charge in [-0.25, -0.2) is 4.79 Å². The molecule has 6 fully saturated rings. The Bertz CT molecular complexity index is 1030. The van der Waals surface area contributed by atoms with Crippen molar-refractivity contribution in [1.29, 1.82) is 0 Å². The number of anilines is 1. The van der Waals surface area contributed by atoms with E-state index < -0.39 is 11.6 Å². The number of aromatic carboxylic acids is 1. The predicted molar refractivity (Wildman–Crippen MR) is 134 cm³/mol. The molecule has 5 saturated heterocycles. The minimum Gasteiger partial charge on any atom is -0.545 e. The lowest BCUT2D eigenvalue weighted by atomic mass is 9.54. The van der Waals surface area contributed by atoms with E-state index in [9.17, 15) is 14.7 Å². The Morgan fingerprint density at radius 2 is 1.66 bits per heavy atom. The minimum absolute atomic E-state index is 0.237. The van der Waals surface area contributed by atoms with E-state index >= 15 is 0 Å². The zero-order valence-electron chi connectivity index (χ0n) is 21.4. The number of quaternary nitrogens is 1. The van der Waals surface area contributed by atoms with Gasteiger partial charge in [-0.2, -0.15) is 0 Å². The van der Waals surface area contributed by atoms with Crippen LogP contribution in [0.25, 0.3) is 0 Å². The first-order chi connectivity index (χ1) is 16.5. The predicted octanol–water partition coefficient (Wildman–Crippen LogP) is 1.15. The Morgan fingerprint density at radius 3 is 2.23 bits per heavy atom. The number of amides is 1. The smallest absolute Gasteiger partial charge is 0.410 e. The van der Waals surface area contributed by atoms with Crippen LogP contribution >= 0.6 is 0 Å². The maximum absolute atomic E-state index is 12.6. The number of aromatic nitrogens is 1. The fraction of sp³-hybridized carbons (Fsp3) is 0.731. The summed E-state index contributed by atoms with van der Waals surface area (Å²) in [4.78, 5) is 33.5. The summed E-state index contributed by atoms with van der Waals surface area (Å²) in [6, 6.07) is 0. The van der Waals surface area contributed by atoms with Crippen LogP contribution in [0, 0.1) is 29.6 Å². The third kappa shape index (κ3) is 3.81. The number of carbonyl (C=O) groups excluding carboxylic acids is 2. The summed E-state index contributed by atoms with van der Waals surface area (Å²) in [5, 5.41) is 12.3. The fourth-order valence-electron chi connectivity index (χ4n) is 8.27. The van der Waals surface area contributed by atoms with E-state index in [-0.39, 0.29) is 11.7 Å². The summed E-state index contributed by atoms with van der Waals surface area (Å²) in [5.74, 6) is 2.32. The monoisotopic (exact) mass is 480 g/mol. The van der Waals surface area contributed by atoms with Gasteiger partial charge in [0.1, 0.15) is 19.1 Å². The molecular weight excluding hydrogens is 443 g/mol. The number of pyridine rings is 1. The number of ether oxygens (including phenoxy) is 1. The van der Waals surface area contributed by atoms with Gasteiger partial charge in [-0.05, 0) is 33.6 Å². The number of carbonyl (C=O) groups is 2. The van der Waals surface area contributed by atoms with Gasteiger partial charge in [-0.1, -0.05) is 5.82 Å². The summed E-state index contributed by atoms with van der Waals surface area (Å²) < 4.78 is 6.37. The minimum atomic E-state index is -1.12. The molecule has 1 saturated carbocycles. The van der Waals surface area contributed by atoms with E-state index in [1.807, 2.05) is 31.9 Å². The van der Waals surface area contributed by atoms with Crippen LogP contribution in [0.2, 0.25) is 5.82 Å². The summed E-state index contributed by atoms with van der Waals surface area (Å²) in [5.41, 5.74) is 1.68. The van der Waals surface area contributed by atoms with Crippen molar-refractivity contribution in [1.82, 2.24) is 14.4 Å². The molecule has 9 heteroatoms. The normalized spacial score (nSPS) is 37.6. The number of carboxylic acid groups (broad SMARTS) is 1. The highest BCUT2D eigenvalue weighted by Crippen LogP contribution is 2.56. The lowest BCUT2D eigenvalue weighted by Crippen LogP contribution is -2.69. The highest BCUT2D eigenvalue weighted by atomic mass is 16.6. The van der Waals surface area contributed by atoms with E-state index in [1.165, 1.54) is 19.0 Å².